The summed E-state index contributed by atoms with van der Waals surface area (Å²) in [5.41, 5.74) is 7.29. The van der Waals surface area contributed by atoms with Crippen LogP contribution in [0.25, 0.3) is 11.1 Å². The molecule has 0 bridgehead atoms. The first-order valence-corrected chi connectivity index (χ1v) is 17.0. The maximum absolute atomic E-state index is 12.9. The largest absolute Gasteiger partial charge is 0.466 e. The van der Waals surface area contributed by atoms with Crippen molar-refractivity contribution in [2.75, 3.05) is 19.8 Å². The normalized spacial score (nSPS) is 14.5. The lowest BCUT2D eigenvalue weighted by molar-refractivity contribution is -0.159. The van der Waals surface area contributed by atoms with Gasteiger partial charge in [0.15, 0.2) is 6.29 Å². The Morgan fingerprint density at radius 1 is 0.804 bits per heavy atom. The average molecular weight is 627 g/mol. The molecule has 1 aliphatic heterocycles. The smallest absolute Gasteiger partial charge is 0.341 e. The highest BCUT2D eigenvalue weighted by Gasteiger charge is 2.18. The summed E-state index contributed by atoms with van der Waals surface area (Å²) >= 11 is 0. The number of carbonyl (C=O) groups is 2. The van der Waals surface area contributed by atoms with Crippen LogP contribution in [0, 0.1) is 0 Å². The molecular weight excluding hydrogens is 576 g/mol. The van der Waals surface area contributed by atoms with Gasteiger partial charge in [-0.1, -0.05) is 87.9 Å². The molecule has 1 fully saturated rings. The van der Waals surface area contributed by atoms with Gasteiger partial charge in [-0.25, -0.2) is 4.79 Å². The Labute approximate surface area is 275 Å². The van der Waals surface area contributed by atoms with Crippen molar-refractivity contribution in [2.45, 2.75) is 97.2 Å². The van der Waals surface area contributed by atoms with E-state index in [1.54, 1.807) is 6.92 Å². The summed E-state index contributed by atoms with van der Waals surface area (Å²) in [6.07, 6.45) is 11.1. The Hall–Kier alpha value is -3.74. The van der Waals surface area contributed by atoms with Crippen LogP contribution >= 0.6 is 0 Å². The zero-order valence-corrected chi connectivity index (χ0v) is 27.7. The number of aryl methyl sites for hydroxylation is 4. The van der Waals surface area contributed by atoms with E-state index in [4.69, 9.17) is 18.9 Å². The molecule has 0 radical (unpaired) electrons. The van der Waals surface area contributed by atoms with E-state index in [1.165, 1.54) is 36.0 Å². The number of hydrogen-bond donors (Lipinski definition) is 0. The number of benzene rings is 3. The lowest BCUT2D eigenvalue weighted by Gasteiger charge is -2.22. The summed E-state index contributed by atoms with van der Waals surface area (Å²) in [6.45, 7) is 8.93. The molecule has 0 amide bonds. The first kappa shape index (κ1) is 35.1. The fourth-order valence-electron chi connectivity index (χ4n) is 5.48. The van der Waals surface area contributed by atoms with Gasteiger partial charge in [-0.2, -0.15) is 0 Å². The molecule has 0 spiro atoms. The molecule has 246 valence electrons. The number of carbonyl (C=O) groups excluding carboxylic acids is 2. The minimum Gasteiger partial charge on any atom is -0.466 e. The number of hydrogen-bond acceptors (Lipinski definition) is 6. The van der Waals surface area contributed by atoms with Crippen LogP contribution < -0.4 is 4.74 Å². The second-order valence-electron chi connectivity index (χ2n) is 12.1. The minimum absolute atomic E-state index is 0.0561. The van der Waals surface area contributed by atoms with E-state index in [2.05, 4.69) is 68.1 Å². The number of unbranched alkanes of at least 4 members (excludes halogenated alkanes) is 2. The van der Waals surface area contributed by atoms with E-state index in [0.717, 1.165) is 55.2 Å². The first-order chi connectivity index (χ1) is 22.4. The van der Waals surface area contributed by atoms with Crippen molar-refractivity contribution >= 4 is 11.9 Å². The number of esters is 2. The third kappa shape index (κ3) is 11.6. The van der Waals surface area contributed by atoms with Gasteiger partial charge in [0.05, 0.1) is 18.8 Å². The van der Waals surface area contributed by atoms with Crippen LogP contribution in [0.5, 0.6) is 5.75 Å². The summed E-state index contributed by atoms with van der Waals surface area (Å²) in [7, 11) is 0. The van der Waals surface area contributed by atoms with Crippen molar-refractivity contribution in [1.82, 2.24) is 0 Å². The van der Waals surface area contributed by atoms with Gasteiger partial charge in [-0.3, -0.25) is 4.79 Å². The quantitative estimate of drug-likeness (QED) is 0.0609. The summed E-state index contributed by atoms with van der Waals surface area (Å²) in [5.74, 6) is -0.283. The summed E-state index contributed by atoms with van der Waals surface area (Å²) in [6, 6.07) is 23.6. The van der Waals surface area contributed by atoms with Gasteiger partial charge < -0.3 is 18.9 Å². The molecule has 0 aromatic heterocycles. The SMILES string of the molecule is C=C(COC1CCCCO1)C(=O)Oc1ccc(-c2ccc(CCc3ccc(CCCCC)cc3)cc2)cc1CCCOC(=O)CC. The van der Waals surface area contributed by atoms with Crippen molar-refractivity contribution in [3.05, 3.63) is 101 Å². The van der Waals surface area contributed by atoms with Gasteiger partial charge in [0.1, 0.15) is 5.75 Å². The Balaban J connectivity index is 1.37. The standard InChI is InChI=1S/C40H50O6/c1-4-6-7-11-31-14-16-32(17-15-31)18-19-33-20-22-34(23-21-33)35-24-25-37(36(28-35)12-10-27-43-38(41)5-2)46-40(42)30(3)29-45-39-13-8-9-26-44-39/h14-17,20-25,28,39H,3-13,18-19,26-27,29H2,1-2H3. The van der Waals surface area contributed by atoms with Crippen LogP contribution in [0.2, 0.25) is 0 Å². The third-order valence-corrected chi connectivity index (χ3v) is 8.36. The Morgan fingerprint density at radius 3 is 2.13 bits per heavy atom. The maximum atomic E-state index is 12.9. The van der Waals surface area contributed by atoms with Gasteiger partial charge in [0.25, 0.3) is 0 Å². The highest BCUT2D eigenvalue weighted by Crippen LogP contribution is 2.29. The predicted octanol–water partition coefficient (Wildman–Crippen LogP) is 8.76. The van der Waals surface area contributed by atoms with Crippen molar-refractivity contribution in [1.29, 1.82) is 0 Å². The first-order valence-electron chi connectivity index (χ1n) is 17.0. The van der Waals surface area contributed by atoms with Crippen molar-refractivity contribution in [2.24, 2.45) is 0 Å². The summed E-state index contributed by atoms with van der Waals surface area (Å²) < 4.78 is 22.4. The molecule has 1 unspecified atom stereocenters. The van der Waals surface area contributed by atoms with Crippen LogP contribution in [-0.4, -0.2) is 38.0 Å². The molecule has 1 atom stereocenters. The topological polar surface area (TPSA) is 71.1 Å². The number of ether oxygens (including phenoxy) is 4. The lowest BCUT2D eigenvalue weighted by atomic mass is 9.97. The maximum Gasteiger partial charge on any atom is 0.341 e. The molecule has 0 saturated carbocycles. The van der Waals surface area contributed by atoms with Gasteiger partial charge in [-0.15, -0.1) is 0 Å². The van der Waals surface area contributed by atoms with Crippen LogP contribution in [0.4, 0.5) is 0 Å². The zero-order valence-electron chi connectivity index (χ0n) is 27.7. The van der Waals surface area contributed by atoms with E-state index < -0.39 is 5.97 Å². The second kappa shape index (κ2) is 19.0. The van der Waals surface area contributed by atoms with E-state index in [1.807, 2.05) is 12.1 Å². The second-order valence-corrected chi connectivity index (χ2v) is 12.1. The van der Waals surface area contributed by atoms with Crippen LogP contribution in [0.1, 0.15) is 87.5 Å². The fraction of sp³-hybridized carbons (Fsp3) is 0.450. The molecule has 6 nitrogen and oxygen atoms in total. The highest BCUT2D eigenvalue weighted by molar-refractivity contribution is 5.90. The zero-order chi connectivity index (χ0) is 32.6. The lowest BCUT2D eigenvalue weighted by Crippen LogP contribution is -2.25. The molecule has 3 aromatic carbocycles. The molecule has 1 saturated heterocycles. The van der Waals surface area contributed by atoms with Crippen LogP contribution in [0.3, 0.4) is 0 Å². The predicted molar refractivity (Wildman–Crippen MR) is 183 cm³/mol. The molecule has 4 rings (SSSR count). The molecule has 0 N–H and O–H groups in total. The van der Waals surface area contributed by atoms with E-state index >= 15 is 0 Å². The van der Waals surface area contributed by atoms with Gasteiger partial charge in [0, 0.05) is 13.0 Å². The average Bonchev–Trinajstić information content (AvgIpc) is 3.10. The van der Waals surface area contributed by atoms with Crippen molar-refractivity contribution in [3.8, 4) is 16.9 Å². The van der Waals surface area contributed by atoms with E-state index in [9.17, 15) is 9.59 Å². The fourth-order valence-corrected chi connectivity index (χ4v) is 5.48. The molecule has 1 heterocycles. The molecule has 6 heteroatoms. The van der Waals surface area contributed by atoms with E-state index in [0.29, 0.717) is 38.2 Å². The summed E-state index contributed by atoms with van der Waals surface area (Å²) in [5, 5.41) is 0. The highest BCUT2D eigenvalue weighted by atomic mass is 16.7. The Bertz CT molecular complexity index is 1390. The molecule has 1 aliphatic rings. The molecule has 3 aromatic rings. The Kier molecular flexibility index (Phi) is 14.5. The van der Waals surface area contributed by atoms with Gasteiger partial charge >= 0.3 is 11.9 Å². The number of rotatable bonds is 18. The summed E-state index contributed by atoms with van der Waals surface area (Å²) in [4.78, 5) is 24.5. The van der Waals surface area contributed by atoms with Crippen LogP contribution in [-0.2, 0) is 49.5 Å². The van der Waals surface area contributed by atoms with Crippen molar-refractivity contribution in [3.63, 3.8) is 0 Å². The van der Waals surface area contributed by atoms with E-state index in [-0.39, 0.29) is 24.4 Å². The Morgan fingerprint density at radius 2 is 1.48 bits per heavy atom. The van der Waals surface area contributed by atoms with Crippen molar-refractivity contribution < 1.29 is 28.5 Å². The van der Waals surface area contributed by atoms with Gasteiger partial charge in [-0.05, 0) is 103 Å². The third-order valence-electron chi connectivity index (χ3n) is 8.36. The molecule has 0 aliphatic carbocycles. The van der Waals surface area contributed by atoms with Gasteiger partial charge in [0.2, 0.25) is 0 Å². The minimum atomic E-state index is -0.530. The van der Waals surface area contributed by atoms with Crippen LogP contribution in [0.15, 0.2) is 78.9 Å². The molecular formula is C40H50O6. The molecule has 46 heavy (non-hydrogen) atoms. The monoisotopic (exact) mass is 626 g/mol.